The number of hydrogen-bond acceptors (Lipinski definition) is 4. The van der Waals surface area contributed by atoms with Crippen molar-refractivity contribution < 1.29 is 9.90 Å². The maximum atomic E-state index is 11.6. The molecule has 0 radical (unpaired) electrons. The zero-order valence-electron chi connectivity index (χ0n) is 8.46. The molecule has 1 aromatic heterocycles. The summed E-state index contributed by atoms with van der Waals surface area (Å²) < 4.78 is 1.06. The summed E-state index contributed by atoms with van der Waals surface area (Å²) in [4.78, 5) is 17.6. The summed E-state index contributed by atoms with van der Waals surface area (Å²) in [5.74, 6) is -0.0495. The summed E-state index contributed by atoms with van der Waals surface area (Å²) in [6.45, 7) is 0.360. The summed E-state index contributed by atoms with van der Waals surface area (Å²) in [6, 6.07) is 7.78. The predicted molar refractivity (Wildman–Crippen MR) is 62.6 cm³/mol. The van der Waals surface area contributed by atoms with E-state index in [0.29, 0.717) is 11.7 Å². The van der Waals surface area contributed by atoms with Crippen molar-refractivity contribution in [2.75, 3.05) is 11.4 Å². The zero-order valence-corrected chi connectivity index (χ0v) is 9.28. The number of fused-ring (bicyclic) bond motifs is 1. The van der Waals surface area contributed by atoms with Gasteiger partial charge in [0.1, 0.15) is 0 Å². The minimum atomic E-state index is -0.556. The van der Waals surface area contributed by atoms with Crippen molar-refractivity contribution in [1.29, 1.82) is 0 Å². The molecule has 0 bridgehead atoms. The largest absolute Gasteiger partial charge is 0.391 e. The maximum absolute atomic E-state index is 11.6. The first-order valence-corrected chi connectivity index (χ1v) is 5.90. The third-order valence-corrected chi connectivity index (χ3v) is 3.68. The van der Waals surface area contributed by atoms with Crippen LogP contribution in [0.2, 0.25) is 0 Å². The fourth-order valence-electron chi connectivity index (χ4n) is 1.85. The number of anilines is 1. The van der Waals surface area contributed by atoms with Gasteiger partial charge in [0.2, 0.25) is 5.91 Å². The van der Waals surface area contributed by atoms with Crippen LogP contribution in [0.1, 0.15) is 6.42 Å². The molecule has 1 saturated heterocycles. The van der Waals surface area contributed by atoms with Gasteiger partial charge in [-0.05, 0) is 12.1 Å². The molecule has 1 aromatic carbocycles. The summed E-state index contributed by atoms with van der Waals surface area (Å²) in [6.07, 6.45) is -0.352. The van der Waals surface area contributed by atoms with Crippen LogP contribution in [-0.4, -0.2) is 28.6 Å². The van der Waals surface area contributed by atoms with Crippen molar-refractivity contribution in [3.63, 3.8) is 0 Å². The summed E-state index contributed by atoms with van der Waals surface area (Å²) in [7, 11) is 0. The van der Waals surface area contributed by atoms with Gasteiger partial charge in [-0.2, -0.15) is 0 Å². The molecule has 82 valence electrons. The SMILES string of the molecule is O=C1CC(O)CN1c1nc2ccccc2s1. The average Bonchev–Trinajstić information content (AvgIpc) is 2.81. The lowest BCUT2D eigenvalue weighted by molar-refractivity contribution is -0.117. The summed E-state index contributed by atoms with van der Waals surface area (Å²) >= 11 is 1.48. The van der Waals surface area contributed by atoms with Crippen molar-refractivity contribution in [3.05, 3.63) is 24.3 Å². The maximum Gasteiger partial charge on any atom is 0.231 e. The molecule has 1 fully saturated rings. The predicted octanol–water partition coefficient (Wildman–Crippen LogP) is 1.39. The minimum Gasteiger partial charge on any atom is -0.391 e. The molecule has 3 rings (SSSR count). The molecule has 2 heterocycles. The van der Waals surface area contributed by atoms with E-state index in [9.17, 15) is 9.90 Å². The van der Waals surface area contributed by atoms with E-state index in [4.69, 9.17) is 0 Å². The van der Waals surface area contributed by atoms with Gasteiger partial charge in [0.15, 0.2) is 5.13 Å². The number of amides is 1. The van der Waals surface area contributed by atoms with Crippen LogP contribution in [0.15, 0.2) is 24.3 Å². The monoisotopic (exact) mass is 234 g/mol. The molecule has 0 saturated carbocycles. The van der Waals surface area contributed by atoms with Gasteiger partial charge in [0, 0.05) is 0 Å². The Morgan fingerprint density at radius 2 is 2.25 bits per heavy atom. The number of aliphatic hydroxyl groups excluding tert-OH is 1. The van der Waals surface area contributed by atoms with Crippen LogP contribution in [0, 0.1) is 0 Å². The number of β-amino-alcohol motifs (C(OH)–C–C–N with tert-alkyl or cyclic N) is 1. The Balaban J connectivity index is 2.03. The Kier molecular flexibility index (Phi) is 2.15. The van der Waals surface area contributed by atoms with Crippen LogP contribution in [0.5, 0.6) is 0 Å². The second kappa shape index (κ2) is 3.54. The third kappa shape index (κ3) is 1.48. The summed E-state index contributed by atoms with van der Waals surface area (Å²) in [5.41, 5.74) is 0.900. The number of aliphatic hydroxyl groups is 1. The van der Waals surface area contributed by atoms with Gasteiger partial charge >= 0.3 is 0 Å². The van der Waals surface area contributed by atoms with Crippen LogP contribution in [-0.2, 0) is 4.79 Å². The van der Waals surface area contributed by atoms with Gasteiger partial charge < -0.3 is 5.11 Å². The number of rotatable bonds is 1. The van der Waals surface area contributed by atoms with Crippen LogP contribution in [0.4, 0.5) is 5.13 Å². The lowest BCUT2D eigenvalue weighted by Crippen LogP contribution is -2.24. The van der Waals surface area contributed by atoms with Gasteiger partial charge in [-0.25, -0.2) is 4.98 Å². The van der Waals surface area contributed by atoms with Gasteiger partial charge in [-0.3, -0.25) is 9.69 Å². The highest BCUT2D eigenvalue weighted by atomic mass is 32.1. The molecule has 1 atom stereocenters. The van der Waals surface area contributed by atoms with Crippen molar-refractivity contribution in [3.8, 4) is 0 Å². The Labute approximate surface area is 96.1 Å². The van der Waals surface area contributed by atoms with E-state index in [1.807, 2.05) is 24.3 Å². The minimum absolute atomic E-state index is 0.0495. The van der Waals surface area contributed by atoms with Crippen molar-refractivity contribution in [1.82, 2.24) is 4.98 Å². The molecular weight excluding hydrogens is 224 g/mol. The highest BCUT2D eigenvalue weighted by Crippen LogP contribution is 2.30. The Bertz CT molecular complexity index is 519. The second-order valence-electron chi connectivity index (χ2n) is 3.83. The van der Waals surface area contributed by atoms with E-state index in [0.717, 1.165) is 10.2 Å². The lowest BCUT2D eigenvalue weighted by atomic mass is 10.3. The quantitative estimate of drug-likeness (QED) is 0.811. The Hall–Kier alpha value is -1.46. The first-order chi connectivity index (χ1) is 7.74. The fraction of sp³-hybridized carbons (Fsp3) is 0.273. The third-order valence-electron chi connectivity index (χ3n) is 2.62. The molecule has 0 aliphatic carbocycles. The Morgan fingerprint density at radius 1 is 1.44 bits per heavy atom. The van der Waals surface area contributed by atoms with Crippen LogP contribution >= 0.6 is 11.3 Å². The standard InChI is InChI=1S/C11H10N2O2S/c14-7-5-10(15)13(6-7)11-12-8-3-1-2-4-9(8)16-11/h1-4,7,14H,5-6H2. The smallest absolute Gasteiger partial charge is 0.231 e. The lowest BCUT2D eigenvalue weighted by Gasteiger charge is -2.10. The molecule has 1 aliphatic heterocycles. The molecule has 1 amide bonds. The fourth-order valence-corrected chi connectivity index (χ4v) is 2.84. The van der Waals surface area contributed by atoms with Gasteiger partial charge in [-0.15, -0.1) is 0 Å². The molecule has 1 aliphatic rings. The van der Waals surface area contributed by atoms with E-state index >= 15 is 0 Å². The van der Waals surface area contributed by atoms with E-state index in [2.05, 4.69) is 4.98 Å². The zero-order chi connectivity index (χ0) is 11.1. The number of benzene rings is 1. The Morgan fingerprint density at radius 3 is 2.94 bits per heavy atom. The molecule has 4 nitrogen and oxygen atoms in total. The number of para-hydroxylation sites is 1. The molecule has 5 heteroatoms. The van der Waals surface area contributed by atoms with Crippen LogP contribution < -0.4 is 4.90 Å². The van der Waals surface area contributed by atoms with E-state index < -0.39 is 6.10 Å². The number of aromatic nitrogens is 1. The van der Waals surface area contributed by atoms with E-state index in [-0.39, 0.29) is 12.3 Å². The molecule has 1 unspecified atom stereocenters. The van der Waals surface area contributed by atoms with Crippen molar-refractivity contribution >= 4 is 32.6 Å². The van der Waals surface area contributed by atoms with E-state index in [1.165, 1.54) is 11.3 Å². The van der Waals surface area contributed by atoms with Gasteiger partial charge in [0.25, 0.3) is 0 Å². The first kappa shape index (κ1) is 9.74. The van der Waals surface area contributed by atoms with Gasteiger partial charge in [-0.1, -0.05) is 23.5 Å². The first-order valence-electron chi connectivity index (χ1n) is 5.08. The number of hydrogen-bond donors (Lipinski definition) is 1. The van der Waals surface area contributed by atoms with Crippen molar-refractivity contribution in [2.45, 2.75) is 12.5 Å². The van der Waals surface area contributed by atoms with Crippen LogP contribution in [0.3, 0.4) is 0 Å². The second-order valence-corrected chi connectivity index (χ2v) is 4.84. The summed E-state index contributed by atoms with van der Waals surface area (Å²) in [5, 5.41) is 10.1. The number of carbonyl (C=O) groups is 1. The molecular formula is C11H10N2O2S. The normalized spacial score (nSPS) is 20.9. The number of nitrogens with zero attached hydrogens (tertiary/aromatic N) is 2. The van der Waals surface area contributed by atoms with Gasteiger partial charge in [0.05, 0.1) is 29.3 Å². The van der Waals surface area contributed by atoms with E-state index in [1.54, 1.807) is 4.90 Å². The average molecular weight is 234 g/mol. The van der Waals surface area contributed by atoms with Crippen LogP contribution in [0.25, 0.3) is 10.2 Å². The topological polar surface area (TPSA) is 53.4 Å². The highest BCUT2D eigenvalue weighted by molar-refractivity contribution is 7.22. The molecule has 2 aromatic rings. The molecule has 1 N–H and O–H groups in total. The molecule has 16 heavy (non-hydrogen) atoms. The highest BCUT2D eigenvalue weighted by Gasteiger charge is 2.30. The number of carbonyl (C=O) groups excluding carboxylic acids is 1. The number of thiazole rings is 1. The molecule has 0 spiro atoms. The van der Waals surface area contributed by atoms with Crippen molar-refractivity contribution in [2.24, 2.45) is 0 Å².